The molecule has 170 valence electrons. The van der Waals surface area contributed by atoms with E-state index in [1.165, 1.54) is 0 Å². The Hall–Kier alpha value is -1.93. The molecular weight excluding hydrogens is 414 g/mol. The normalized spacial score (nSPS) is 32.1. The zero-order valence-corrected chi connectivity index (χ0v) is 19.3. The summed E-state index contributed by atoms with van der Waals surface area (Å²) in [5.41, 5.74) is 5.28. The lowest BCUT2D eigenvalue weighted by Crippen LogP contribution is -2.62. The van der Waals surface area contributed by atoms with Crippen molar-refractivity contribution in [1.82, 2.24) is 10.0 Å². The molecule has 4 bridgehead atoms. The van der Waals surface area contributed by atoms with Gasteiger partial charge in [0, 0.05) is 23.4 Å². The SMILES string of the molecule is Cc1cccc(S(=O)(=O)NC(C)(C)CC(=O)NC2C3CC4CC2CC(C(N)=O)(C4)C3)c1. The summed E-state index contributed by atoms with van der Waals surface area (Å²) in [6.07, 6.45) is 4.50. The summed E-state index contributed by atoms with van der Waals surface area (Å²) in [5.74, 6) is 0.714. The Bertz CT molecular complexity index is 988. The molecule has 2 atom stereocenters. The average molecular weight is 448 g/mol. The summed E-state index contributed by atoms with van der Waals surface area (Å²) in [4.78, 5) is 25.2. The molecule has 8 heteroatoms. The number of carbonyl (C=O) groups is 2. The fourth-order valence-corrected chi connectivity index (χ4v) is 7.96. The quantitative estimate of drug-likeness (QED) is 0.594. The van der Waals surface area contributed by atoms with Crippen LogP contribution in [0.1, 0.15) is 57.9 Å². The minimum Gasteiger partial charge on any atom is -0.369 e. The summed E-state index contributed by atoms with van der Waals surface area (Å²) in [6.45, 7) is 5.28. The van der Waals surface area contributed by atoms with Crippen molar-refractivity contribution < 1.29 is 18.0 Å². The number of benzene rings is 1. The van der Waals surface area contributed by atoms with Gasteiger partial charge in [0.1, 0.15) is 0 Å². The molecule has 4 aliphatic rings. The molecule has 0 aromatic heterocycles. The number of hydrogen-bond acceptors (Lipinski definition) is 4. The van der Waals surface area contributed by atoms with Gasteiger partial charge in [-0.05, 0) is 88.3 Å². The first kappa shape index (κ1) is 22.3. The maximum atomic E-state index is 12.9. The van der Waals surface area contributed by atoms with E-state index in [2.05, 4.69) is 10.0 Å². The van der Waals surface area contributed by atoms with E-state index >= 15 is 0 Å². The van der Waals surface area contributed by atoms with Gasteiger partial charge in [-0.2, -0.15) is 0 Å². The van der Waals surface area contributed by atoms with Crippen LogP contribution in [0.4, 0.5) is 0 Å². The van der Waals surface area contributed by atoms with Gasteiger partial charge in [-0.1, -0.05) is 12.1 Å². The van der Waals surface area contributed by atoms with Crippen LogP contribution in [0.25, 0.3) is 0 Å². The van der Waals surface area contributed by atoms with Crippen LogP contribution < -0.4 is 15.8 Å². The van der Waals surface area contributed by atoms with Crippen LogP contribution in [-0.2, 0) is 19.6 Å². The zero-order chi connectivity index (χ0) is 22.6. The second kappa shape index (κ2) is 7.59. The van der Waals surface area contributed by atoms with E-state index in [0.717, 1.165) is 37.7 Å². The fourth-order valence-electron chi connectivity index (χ4n) is 6.44. The van der Waals surface area contributed by atoms with Crippen molar-refractivity contribution in [3.63, 3.8) is 0 Å². The Labute approximate surface area is 184 Å². The minimum atomic E-state index is -3.73. The van der Waals surface area contributed by atoms with Gasteiger partial charge in [0.05, 0.1) is 4.90 Å². The number of hydrogen-bond donors (Lipinski definition) is 3. The minimum absolute atomic E-state index is 0.0401. The molecule has 1 aromatic rings. The van der Waals surface area contributed by atoms with Crippen LogP contribution in [0.5, 0.6) is 0 Å². The highest BCUT2D eigenvalue weighted by atomic mass is 32.2. The highest BCUT2D eigenvalue weighted by Crippen LogP contribution is 2.59. The van der Waals surface area contributed by atoms with Crippen LogP contribution in [0, 0.1) is 30.1 Å². The molecular formula is C23H33N3O4S. The lowest BCUT2D eigenvalue weighted by molar-refractivity contribution is -0.147. The van der Waals surface area contributed by atoms with Crippen LogP contribution >= 0.6 is 0 Å². The van der Waals surface area contributed by atoms with Crippen LogP contribution in [0.15, 0.2) is 29.2 Å². The summed E-state index contributed by atoms with van der Waals surface area (Å²) < 4.78 is 28.2. The lowest BCUT2D eigenvalue weighted by Gasteiger charge is -2.58. The van der Waals surface area contributed by atoms with E-state index in [1.807, 2.05) is 13.0 Å². The van der Waals surface area contributed by atoms with Gasteiger partial charge >= 0.3 is 0 Å². The molecule has 31 heavy (non-hydrogen) atoms. The second-order valence-corrected chi connectivity index (χ2v) is 12.4. The number of aryl methyl sites for hydroxylation is 1. The Kier molecular flexibility index (Phi) is 5.45. The van der Waals surface area contributed by atoms with Gasteiger partial charge in [0.15, 0.2) is 0 Å². The summed E-state index contributed by atoms with van der Waals surface area (Å²) >= 11 is 0. The second-order valence-electron chi connectivity index (χ2n) is 10.7. The van der Waals surface area contributed by atoms with E-state index in [1.54, 1.807) is 32.0 Å². The van der Waals surface area contributed by atoms with Crippen LogP contribution in [0.3, 0.4) is 0 Å². The smallest absolute Gasteiger partial charge is 0.241 e. The highest BCUT2D eigenvalue weighted by Gasteiger charge is 2.58. The van der Waals surface area contributed by atoms with Crippen LogP contribution in [-0.4, -0.2) is 31.8 Å². The number of nitrogens with two attached hydrogens (primary N) is 1. The highest BCUT2D eigenvalue weighted by molar-refractivity contribution is 7.89. The van der Waals surface area contributed by atoms with E-state index in [4.69, 9.17) is 5.73 Å². The van der Waals surface area contributed by atoms with Crippen molar-refractivity contribution in [3.05, 3.63) is 29.8 Å². The maximum Gasteiger partial charge on any atom is 0.241 e. The van der Waals surface area contributed by atoms with Crippen molar-refractivity contribution in [2.75, 3.05) is 0 Å². The summed E-state index contributed by atoms with van der Waals surface area (Å²) in [7, 11) is -3.73. The molecule has 0 spiro atoms. The van der Waals surface area contributed by atoms with Crippen LogP contribution in [0.2, 0.25) is 0 Å². The number of amides is 2. The van der Waals surface area contributed by atoms with E-state index in [0.29, 0.717) is 5.92 Å². The maximum absolute atomic E-state index is 12.9. The van der Waals surface area contributed by atoms with Crippen molar-refractivity contribution in [3.8, 4) is 0 Å². The first-order valence-electron chi connectivity index (χ1n) is 11.1. The molecule has 0 radical (unpaired) electrons. The van der Waals surface area contributed by atoms with Crippen molar-refractivity contribution >= 4 is 21.8 Å². The monoisotopic (exact) mass is 447 g/mol. The molecule has 4 fully saturated rings. The summed E-state index contributed by atoms with van der Waals surface area (Å²) in [6, 6.07) is 6.75. The topological polar surface area (TPSA) is 118 Å². The zero-order valence-electron chi connectivity index (χ0n) is 18.5. The number of carbonyl (C=O) groups excluding carboxylic acids is 2. The van der Waals surface area contributed by atoms with E-state index in [-0.39, 0.29) is 46.4 Å². The number of sulfonamides is 1. The van der Waals surface area contributed by atoms with Gasteiger partial charge in [-0.25, -0.2) is 13.1 Å². The molecule has 7 nitrogen and oxygen atoms in total. The first-order valence-corrected chi connectivity index (χ1v) is 12.6. The Morgan fingerprint density at radius 1 is 1.16 bits per heavy atom. The average Bonchev–Trinajstić information content (AvgIpc) is 2.62. The first-order chi connectivity index (χ1) is 14.4. The predicted molar refractivity (Wildman–Crippen MR) is 117 cm³/mol. The largest absolute Gasteiger partial charge is 0.369 e. The Morgan fingerprint density at radius 3 is 2.39 bits per heavy atom. The molecule has 5 rings (SSSR count). The molecule has 0 heterocycles. The lowest BCUT2D eigenvalue weighted by atomic mass is 9.47. The van der Waals surface area contributed by atoms with Gasteiger partial charge in [-0.3, -0.25) is 9.59 Å². The van der Waals surface area contributed by atoms with Gasteiger partial charge in [0.2, 0.25) is 21.8 Å². The number of rotatable bonds is 7. The Morgan fingerprint density at radius 2 is 1.81 bits per heavy atom. The third-order valence-electron chi connectivity index (χ3n) is 7.44. The molecule has 2 unspecified atom stereocenters. The van der Waals surface area contributed by atoms with Crippen molar-refractivity contribution in [2.45, 2.75) is 75.8 Å². The fraction of sp³-hybridized carbons (Fsp3) is 0.652. The molecule has 4 N–H and O–H groups in total. The summed E-state index contributed by atoms with van der Waals surface area (Å²) in [5, 5.41) is 3.18. The molecule has 4 aliphatic carbocycles. The van der Waals surface area contributed by atoms with E-state index < -0.39 is 15.6 Å². The number of nitrogens with one attached hydrogen (secondary N) is 2. The van der Waals surface area contributed by atoms with Crippen molar-refractivity contribution in [1.29, 1.82) is 0 Å². The van der Waals surface area contributed by atoms with Gasteiger partial charge in [0.25, 0.3) is 0 Å². The van der Waals surface area contributed by atoms with Gasteiger partial charge < -0.3 is 11.1 Å². The van der Waals surface area contributed by atoms with E-state index in [9.17, 15) is 18.0 Å². The predicted octanol–water partition coefficient (Wildman–Crippen LogP) is 2.24. The third kappa shape index (κ3) is 4.37. The van der Waals surface area contributed by atoms with Gasteiger partial charge in [-0.15, -0.1) is 0 Å². The number of primary amides is 1. The molecule has 4 saturated carbocycles. The molecule has 1 aromatic carbocycles. The van der Waals surface area contributed by atoms with Crippen molar-refractivity contribution in [2.24, 2.45) is 28.9 Å². The third-order valence-corrected chi connectivity index (χ3v) is 9.13. The Balaban J connectivity index is 1.40. The molecule has 2 amide bonds. The molecule has 0 saturated heterocycles. The molecule has 0 aliphatic heterocycles. The standard InChI is InChI=1S/C23H33N3O4S/c1-14-5-4-6-18(7-14)31(29,30)26-22(2,3)13-19(27)25-20-16-8-15-9-17(20)12-23(10-15,11-16)21(24)28/h4-7,15-17,20,26H,8-13H2,1-3H3,(H2,24,28)(H,25,27).